The summed E-state index contributed by atoms with van der Waals surface area (Å²) in [5, 5.41) is 10.2. The van der Waals surface area contributed by atoms with Crippen molar-refractivity contribution in [1.29, 1.82) is 0 Å². The molecule has 5 nitrogen and oxygen atoms in total. The number of thioether (sulfide) groups is 1. The van der Waals surface area contributed by atoms with Crippen molar-refractivity contribution in [2.24, 2.45) is 5.10 Å². The molecule has 4 aromatic carbocycles. The van der Waals surface area contributed by atoms with Crippen molar-refractivity contribution in [3.05, 3.63) is 145 Å². The van der Waals surface area contributed by atoms with Crippen molar-refractivity contribution in [3.63, 3.8) is 0 Å². The first-order chi connectivity index (χ1) is 22.2. The fraction of sp³-hybridized carbons (Fsp3) is 0.0571. The van der Waals surface area contributed by atoms with Gasteiger partial charge in [0.15, 0.2) is 4.32 Å². The van der Waals surface area contributed by atoms with Gasteiger partial charge in [-0.2, -0.15) is 10.1 Å². The van der Waals surface area contributed by atoms with E-state index in [4.69, 9.17) is 58.6 Å². The average molecular weight is 721 g/mol. The molecule has 6 aromatic rings. The van der Waals surface area contributed by atoms with Gasteiger partial charge in [-0.05, 0) is 65.8 Å². The van der Waals surface area contributed by atoms with Crippen molar-refractivity contribution in [2.45, 2.75) is 13.1 Å². The van der Waals surface area contributed by atoms with Gasteiger partial charge in [-0.1, -0.05) is 107 Å². The average Bonchev–Trinajstić information content (AvgIpc) is 3.66. The van der Waals surface area contributed by atoms with Crippen LogP contribution in [-0.4, -0.2) is 30.6 Å². The van der Waals surface area contributed by atoms with E-state index in [-0.39, 0.29) is 5.91 Å². The number of fused-ring (bicyclic) bond motifs is 2. The number of carbonyl (C=O) groups is 1. The van der Waals surface area contributed by atoms with Crippen LogP contribution in [0, 0.1) is 0 Å². The Hall–Kier alpha value is -3.56. The second-order valence-electron chi connectivity index (χ2n) is 10.7. The topological polar surface area (TPSA) is 42.5 Å². The molecule has 46 heavy (non-hydrogen) atoms. The Labute approximate surface area is 294 Å². The minimum absolute atomic E-state index is 0.277. The lowest BCUT2D eigenvalue weighted by Gasteiger charge is -2.08. The maximum Gasteiger partial charge on any atom is 0.286 e. The van der Waals surface area contributed by atoms with E-state index in [1.165, 1.54) is 16.8 Å². The van der Waals surface area contributed by atoms with Crippen LogP contribution in [0.25, 0.3) is 27.9 Å². The quantitative estimate of drug-likeness (QED) is 0.0937. The number of aromatic nitrogens is 2. The number of benzene rings is 4. The third kappa shape index (κ3) is 6.11. The van der Waals surface area contributed by atoms with Crippen LogP contribution in [0.3, 0.4) is 0 Å². The first kappa shape index (κ1) is 31.1. The van der Waals surface area contributed by atoms with Crippen molar-refractivity contribution < 1.29 is 4.79 Å². The molecular formula is C35H22Cl4N4OS2. The number of rotatable bonds is 7. The highest BCUT2D eigenvalue weighted by Gasteiger charge is 2.32. The highest BCUT2D eigenvalue weighted by Crippen LogP contribution is 2.35. The summed E-state index contributed by atoms with van der Waals surface area (Å²) in [5.41, 5.74) is 5.66. The van der Waals surface area contributed by atoms with Crippen LogP contribution in [0.15, 0.2) is 107 Å². The molecule has 0 spiro atoms. The van der Waals surface area contributed by atoms with E-state index in [1.807, 2.05) is 91.3 Å². The molecule has 1 aliphatic heterocycles. The highest BCUT2D eigenvalue weighted by molar-refractivity contribution is 8.26. The monoisotopic (exact) mass is 718 g/mol. The summed E-state index contributed by atoms with van der Waals surface area (Å²) in [6, 6.07) is 27.0. The summed E-state index contributed by atoms with van der Waals surface area (Å²) in [6.07, 6.45) is 7.57. The number of para-hydroxylation sites is 2. The number of hydrazone groups is 1. The zero-order valence-corrected chi connectivity index (χ0v) is 28.5. The second kappa shape index (κ2) is 12.9. The van der Waals surface area contributed by atoms with Crippen LogP contribution in [-0.2, 0) is 17.9 Å². The van der Waals surface area contributed by atoms with Crippen LogP contribution in [0.2, 0.25) is 20.1 Å². The van der Waals surface area contributed by atoms with E-state index < -0.39 is 0 Å². The molecular weight excluding hydrogens is 698 g/mol. The zero-order valence-electron chi connectivity index (χ0n) is 23.8. The van der Waals surface area contributed by atoms with Gasteiger partial charge in [-0.3, -0.25) is 4.79 Å². The van der Waals surface area contributed by atoms with Crippen LogP contribution in [0.4, 0.5) is 0 Å². The molecule has 0 saturated carbocycles. The summed E-state index contributed by atoms with van der Waals surface area (Å²) in [4.78, 5) is 14.1. The lowest BCUT2D eigenvalue weighted by molar-refractivity contribution is -0.122. The zero-order chi connectivity index (χ0) is 31.9. The van der Waals surface area contributed by atoms with Crippen LogP contribution in [0.5, 0.6) is 0 Å². The highest BCUT2D eigenvalue weighted by atomic mass is 35.5. The Morgan fingerprint density at radius 2 is 1.24 bits per heavy atom. The van der Waals surface area contributed by atoms with Gasteiger partial charge < -0.3 is 9.13 Å². The molecule has 1 amide bonds. The van der Waals surface area contributed by atoms with Crippen molar-refractivity contribution in [3.8, 4) is 0 Å². The third-order valence-electron chi connectivity index (χ3n) is 7.72. The van der Waals surface area contributed by atoms with Crippen molar-refractivity contribution in [1.82, 2.24) is 14.1 Å². The molecule has 3 heterocycles. The molecule has 0 unspecified atom stereocenters. The van der Waals surface area contributed by atoms with Gasteiger partial charge in [-0.25, -0.2) is 0 Å². The molecule has 0 radical (unpaired) electrons. The van der Waals surface area contributed by atoms with Crippen LogP contribution >= 0.6 is 70.4 Å². The lowest BCUT2D eigenvalue weighted by Crippen LogP contribution is -2.22. The van der Waals surface area contributed by atoms with Crippen molar-refractivity contribution >= 4 is 115 Å². The minimum atomic E-state index is -0.277. The fourth-order valence-corrected chi connectivity index (χ4v) is 7.62. The lowest BCUT2D eigenvalue weighted by atomic mass is 10.1. The van der Waals surface area contributed by atoms with Crippen LogP contribution in [0.1, 0.15) is 22.3 Å². The maximum absolute atomic E-state index is 13.6. The van der Waals surface area contributed by atoms with E-state index in [0.717, 1.165) is 44.1 Å². The van der Waals surface area contributed by atoms with E-state index in [2.05, 4.69) is 14.2 Å². The Balaban J connectivity index is 1.17. The standard InChI is InChI=1S/C35H22Cl4N4OS2/c36-25-11-9-21(29(38)14-25)17-41-19-23(27-5-1-3-7-31(27)41)13-33-34(44)43(35(45)46-33)40-16-24-20-42(32-8-4-2-6-28(24)32)18-22-10-12-26(37)15-30(22)39/h1-16,19-20H,17-18H2/b33-13+,40-16-. The third-order valence-corrected chi connectivity index (χ3v) is 10.2. The molecule has 228 valence electrons. The number of hydrogen-bond donors (Lipinski definition) is 0. The number of halogens is 4. The van der Waals surface area contributed by atoms with Gasteiger partial charge in [0.05, 0.1) is 11.1 Å². The molecule has 1 saturated heterocycles. The summed E-state index contributed by atoms with van der Waals surface area (Å²) in [5.74, 6) is -0.277. The van der Waals surface area contributed by atoms with Gasteiger partial charge >= 0.3 is 0 Å². The van der Waals surface area contributed by atoms with Crippen molar-refractivity contribution in [2.75, 3.05) is 0 Å². The molecule has 11 heteroatoms. The van der Waals surface area contributed by atoms with E-state index in [0.29, 0.717) is 42.4 Å². The van der Waals surface area contributed by atoms with Gasteiger partial charge in [0.1, 0.15) is 0 Å². The summed E-state index contributed by atoms with van der Waals surface area (Å²) < 4.78 is 4.58. The number of amides is 1. The minimum Gasteiger partial charge on any atom is -0.342 e. The summed E-state index contributed by atoms with van der Waals surface area (Å²) >= 11 is 32.0. The van der Waals surface area contributed by atoms with Gasteiger partial charge in [0.25, 0.3) is 5.91 Å². The molecule has 1 aliphatic rings. The molecule has 0 N–H and O–H groups in total. The van der Waals surface area contributed by atoms with Gasteiger partial charge in [-0.15, -0.1) is 0 Å². The predicted molar refractivity (Wildman–Crippen MR) is 198 cm³/mol. The second-order valence-corrected chi connectivity index (χ2v) is 14.0. The molecule has 1 fully saturated rings. The van der Waals surface area contributed by atoms with Gasteiger partial charge in [0, 0.05) is 78.5 Å². The largest absolute Gasteiger partial charge is 0.342 e. The Bertz CT molecular complexity index is 2250. The Morgan fingerprint density at radius 1 is 0.717 bits per heavy atom. The fourth-order valence-electron chi connectivity index (χ4n) is 5.52. The normalized spacial score (nSPS) is 14.6. The maximum atomic E-state index is 13.6. The summed E-state index contributed by atoms with van der Waals surface area (Å²) in [6.45, 7) is 1.10. The first-order valence-electron chi connectivity index (χ1n) is 14.1. The molecule has 0 atom stereocenters. The van der Waals surface area contributed by atoms with E-state index >= 15 is 0 Å². The van der Waals surface area contributed by atoms with E-state index in [1.54, 1.807) is 18.3 Å². The molecule has 0 aliphatic carbocycles. The van der Waals surface area contributed by atoms with Gasteiger partial charge in [0.2, 0.25) is 0 Å². The van der Waals surface area contributed by atoms with Crippen LogP contribution < -0.4 is 0 Å². The smallest absolute Gasteiger partial charge is 0.286 e. The Morgan fingerprint density at radius 3 is 1.80 bits per heavy atom. The molecule has 0 bridgehead atoms. The number of carbonyl (C=O) groups excluding carboxylic acids is 1. The molecule has 2 aromatic heterocycles. The number of thiocarbonyl (C=S) groups is 1. The summed E-state index contributed by atoms with van der Waals surface area (Å²) in [7, 11) is 0. The molecule has 7 rings (SSSR count). The first-order valence-corrected chi connectivity index (χ1v) is 16.8. The Kier molecular flexibility index (Phi) is 8.72. The number of hydrogen-bond acceptors (Lipinski definition) is 4. The predicted octanol–water partition coefficient (Wildman–Crippen LogP) is 10.5. The SMILES string of the molecule is O=C1/C(=C\c2cn(Cc3ccc(Cl)cc3Cl)c3ccccc23)SC(=S)N1/N=C\c1cn(Cc2ccc(Cl)cc2Cl)c2ccccc12. The number of nitrogens with zero attached hydrogens (tertiary/aromatic N) is 4. The van der Waals surface area contributed by atoms with E-state index in [9.17, 15) is 4.79 Å².